The van der Waals surface area contributed by atoms with Gasteiger partial charge in [0.1, 0.15) is 0 Å². The minimum atomic E-state index is -0.0892. The van der Waals surface area contributed by atoms with Crippen LogP contribution in [0.4, 0.5) is 0 Å². The molecule has 2 rings (SSSR count). The van der Waals surface area contributed by atoms with Crippen molar-refractivity contribution >= 4 is 33.2 Å². The number of hydrogen-bond acceptors (Lipinski definition) is 3. The van der Waals surface area contributed by atoms with E-state index in [0.29, 0.717) is 18.5 Å². The molecule has 0 aliphatic carbocycles. The van der Waals surface area contributed by atoms with E-state index in [9.17, 15) is 4.79 Å². The third kappa shape index (κ3) is 5.01. The number of halogens is 1. The van der Waals surface area contributed by atoms with Crippen molar-refractivity contribution in [3.05, 3.63) is 56.2 Å². The highest BCUT2D eigenvalue weighted by atomic mass is 79.9. The van der Waals surface area contributed by atoms with E-state index in [2.05, 4.69) is 33.1 Å². The molecule has 0 unspecified atom stereocenters. The third-order valence-corrected chi connectivity index (χ3v) is 4.18. The zero-order chi connectivity index (χ0) is 15.1. The first kappa shape index (κ1) is 15.8. The quantitative estimate of drug-likeness (QED) is 0.819. The highest BCUT2D eigenvalue weighted by Gasteiger charge is 2.07. The minimum Gasteiger partial charge on any atom is -0.395 e. The largest absolute Gasteiger partial charge is 0.395 e. The predicted molar refractivity (Wildman–Crippen MR) is 88.2 cm³/mol. The summed E-state index contributed by atoms with van der Waals surface area (Å²) >= 11 is 4.83. The Balaban J connectivity index is 1.96. The Morgan fingerprint density at radius 3 is 2.95 bits per heavy atom. The molecule has 0 radical (unpaired) electrons. The number of carbonyl (C=O) groups is 1. The van der Waals surface area contributed by atoms with Crippen LogP contribution in [0.2, 0.25) is 0 Å². The lowest BCUT2D eigenvalue weighted by molar-refractivity contribution is 0.0951. The zero-order valence-electron chi connectivity index (χ0n) is 11.2. The Labute approximate surface area is 136 Å². The molecule has 108 valence electrons. The average molecular weight is 364 g/mol. The first-order chi connectivity index (χ1) is 10.2. The first-order valence-corrected chi connectivity index (χ1v) is 8.07. The van der Waals surface area contributed by atoms with Crippen LogP contribution >= 0.6 is 27.3 Å². The Kier molecular flexibility index (Phi) is 6.00. The van der Waals surface area contributed by atoms with E-state index in [1.165, 1.54) is 11.3 Å². The van der Waals surface area contributed by atoms with Crippen molar-refractivity contribution in [3.8, 4) is 11.8 Å². The number of thiophene rings is 1. The maximum atomic E-state index is 11.9. The van der Waals surface area contributed by atoms with Gasteiger partial charge in [0.05, 0.1) is 16.0 Å². The van der Waals surface area contributed by atoms with Crippen LogP contribution in [0, 0.1) is 11.8 Å². The maximum absolute atomic E-state index is 11.9. The van der Waals surface area contributed by atoms with Gasteiger partial charge < -0.3 is 10.4 Å². The van der Waals surface area contributed by atoms with Crippen LogP contribution in [-0.4, -0.2) is 17.6 Å². The Morgan fingerprint density at radius 2 is 2.24 bits per heavy atom. The van der Waals surface area contributed by atoms with Crippen LogP contribution in [0.5, 0.6) is 0 Å². The van der Waals surface area contributed by atoms with E-state index >= 15 is 0 Å². The fourth-order valence-corrected chi connectivity index (χ4v) is 2.83. The van der Waals surface area contributed by atoms with Crippen molar-refractivity contribution in [2.75, 3.05) is 6.61 Å². The minimum absolute atomic E-state index is 0.0684. The van der Waals surface area contributed by atoms with E-state index in [-0.39, 0.29) is 12.5 Å². The highest BCUT2D eigenvalue weighted by Crippen LogP contribution is 2.20. The summed E-state index contributed by atoms with van der Waals surface area (Å²) in [7, 11) is 0. The summed E-state index contributed by atoms with van der Waals surface area (Å²) in [6, 6.07) is 9.50. The van der Waals surface area contributed by atoms with Crippen LogP contribution in [0.25, 0.3) is 0 Å². The predicted octanol–water partition coefficient (Wildman–Crippen LogP) is 3.17. The molecule has 5 heteroatoms. The van der Waals surface area contributed by atoms with Gasteiger partial charge in [-0.05, 0) is 39.7 Å². The molecule has 0 aliphatic rings. The maximum Gasteiger partial charge on any atom is 0.252 e. The normalized spacial score (nSPS) is 9.81. The zero-order valence-corrected chi connectivity index (χ0v) is 13.6. The number of nitrogens with one attached hydrogen (secondary N) is 1. The van der Waals surface area contributed by atoms with Crippen LogP contribution in [0.15, 0.2) is 39.5 Å². The van der Waals surface area contributed by atoms with Crippen LogP contribution < -0.4 is 5.32 Å². The number of rotatable bonds is 4. The smallest absolute Gasteiger partial charge is 0.252 e. The van der Waals surface area contributed by atoms with Crippen molar-refractivity contribution in [1.82, 2.24) is 5.32 Å². The van der Waals surface area contributed by atoms with E-state index < -0.39 is 0 Å². The van der Waals surface area contributed by atoms with E-state index in [4.69, 9.17) is 5.11 Å². The van der Waals surface area contributed by atoms with Crippen molar-refractivity contribution in [2.45, 2.75) is 13.0 Å². The molecule has 0 saturated carbocycles. The molecule has 3 nitrogen and oxygen atoms in total. The first-order valence-electron chi connectivity index (χ1n) is 6.40. The van der Waals surface area contributed by atoms with Crippen LogP contribution in [0.3, 0.4) is 0 Å². The van der Waals surface area contributed by atoms with Gasteiger partial charge in [0.15, 0.2) is 0 Å². The molecule has 1 aromatic heterocycles. The molecule has 21 heavy (non-hydrogen) atoms. The topological polar surface area (TPSA) is 49.3 Å². The molecule has 0 atom stereocenters. The highest BCUT2D eigenvalue weighted by molar-refractivity contribution is 9.11. The summed E-state index contributed by atoms with van der Waals surface area (Å²) in [5.74, 6) is 5.77. The number of aliphatic hydroxyl groups excluding tert-OH is 1. The van der Waals surface area contributed by atoms with Gasteiger partial charge in [-0.1, -0.05) is 24.0 Å². The summed E-state index contributed by atoms with van der Waals surface area (Å²) in [5.41, 5.74) is 2.53. The van der Waals surface area contributed by atoms with E-state index in [0.717, 1.165) is 14.9 Å². The summed E-state index contributed by atoms with van der Waals surface area (Å²) in [6.45, 7) is 0.529. The summed E-state index contributed by atoms with van der Waals surface area (Å²) < 4.78 is 0.939. The van der Waals surface area contributed by atoms with E-state index in [1.54, 1.807) is 6.07 Å². The molecular formula is C16H14BrNO2S. The van der Waals surface area contributed by atoms with E-state index in [1.807, 2.05) is 29.6 Å². The standard InChI is InChI=1S/C16H14BrNO2S/c17-15-9-14(11-21-15)16(20)18-10-13-6-3-5-12(8-13)4-1-2-7-19/h3,5-6,8-9,11,19H,2,7,10H2,(H,18,20). The number of amides is 1. The molecule has 0 aliphatic heterocycles. The molecular weight excluding hydrogens is 350 g/mol. The lowest BCUT2D eigenvalue weighted by atomic mass is 10.1. The number of benzene rings is 1. The SMILES string of the molecule is O=C(NCc1cccc(C#CCCO)c1)c1csc(Br)c1. The fourth-order valence-electron chi connectivity index (χ4n) is 1.69. The van der Waals surface area contributed by atoms with Gasteiger partial charge in [-0.2, -0.15) is 0 Å². The molecule has 0 fully saturated rings. The Morgan fingerprint density at radius 1 is 1.38 bits per heavy atom. The van der Waals surface area contributed by atoms with Gasteiger partial charge in [0, 0.05) is 23.9 Å². The van der Waals surface area contributed by atoms with Crippen molar-refractivity contribution in [3.63, 3.8) is 0 Å². The van der Waals surface area contributed by atoms with Crippen LogP contribution in [0.1, 0.15) is 27.9 Å². The molecule has 1 heterocycles. The van der Waals surface area contributed by atoms with Gasteiger partial charge in [0.25, 0.3) is 5.91 Å². The second kappa shape index (κ2) is 7.99. The Bertz CT molecular complexity index is 685. The fraction of sp³-hybridized carbons (Fsp3) is 0.188. The van der Waals surface area contributed by atoms with Crippen molar-refractivity contribution in [2.24, 2.45) is 0 Å². The molecule has 1 amide bonds. The summed E-state index contributed by atoms with van der Waals surface area (Å²) in [6.07, 6.45) is 0.466. The molecule has 0 spiro atoms. The molecule has 0 bridgehead atoms. The average Bonchev–Trinajstić information content (AvgIpc) is 2.92. The van der Waals surface area contributed by atoms with Crippen molar-refractivity contribution < 1.29 is 9.90 Å². The molecule has 2 aromatic rings. The molecule has 1 aromatic carbocycles. The lowest BCUT2D eigenvalue weighted by Crippen LogP contribution is -2.22. The van der Waals surface area contributed by atoms with Gasteiger partial charge in [0.2, 0.25) is 0 Å². The lowest BCUT2D eigenvalue weighted by Gasteiger charge is -2.04. The monoisotopic (exact) mass is 363 g/mol. The Hall–Kier alpha value is -1.61. The molecule has 2 N–H and O–H groups in total. The second-order valence-electron chi connectivity index (χ2n) is 4.30. The number of hydrogen-bond donors (Lipinski definition) is 2. The van der Waals surface area contributed by atoms with Gasteiger partial charge in [-0.3, -0.25) is 4.79 Å². The molecule has 0 saturated heterocycles. The third-order valence-electron chi connectivity index (χ3n) is 2.68. The van der Waals surface area contributed by atoms with Crippen LogP contribution in [-0.2, 0) is 6.54 Å². The number of carbonyl (C=O) groups excluding carboxylic acids is 1. The van der Waals surface area contributed by atoms with Crippen molar-refractivity contribution in [1.29, 1.82) is 0 Å². The van der Waals surface area contributed by atoms with Gasteiger partial charge in [-0.25, -0.2) is 0 Å². The van der Waals surface area contributed by atoms with Gasteiger partial charge in [-0.15, -0.1) is 11.3 Å². The summed E-state index contributed by atoms with van der Waals surface area (Å²) in [5, 5.41) is 13.4. The van der Waals surface area contributed by atoms with Gasteiger partial charge >= 0.3 is 0 Å². The summed E-state index contributed by atoms with van der Waals surface area (Å²) in [4.78, 5) is 11.9. The number of aliphatic hydroxyl groups is 1. The second-order valence-corrected chi connectivity index (χ2v) is 6.59.